The molecule has 0 saturated carbocycles. The van der Waals surface area contributed by atoms with Crippen molar-refractivity contribution in [1.82, 2.24) is 0 Å². The lowest BCUT2D eigenvalue weighted by Crippen LogP contribution is -2.06. The first-order chi connectivity index (χ1) is 9.06. The van der Waals surface area contributed by atoms with E-state index in [1.807, 2.05) is 26.0 Å². The molecule has 0 aromatic heterocycles. The van der Waals surface area contributed by atoms with Crippen molar-refractivity contribution in [2.24, 2.45) is 0 Å². The average molecular weight is 260 g/mol. The van der Waals surface area contributed by atoms with Crippen LogP contribution < -0.4 is 10.1 Å². The van der Waals surface area contributed by atoms with E-state index >= 15 is 0 Å². The quantitative estimate of drug-likeness (QED) is 0.500. The standard InChI is InChI=1S/C14H16N2O3/c1-10(2)19-13-6-4-5-12(7-13)16-9-11(8-15)14(17)18-3/h4-7,9-10,16H,1-3H3/b11-9-. The van der Waals surface area contributed by atoms with Crippen molar-refractivity contribution in [2.45, 2.75) is 20.0 Å². The lowest BCUT2D eigenvalue weighted by atomic mass is 10.3. The minimum absolute atomic E-state index is 0.0792. The van der Waals surface area contributed by atoms with E-state index < -0.39 is 5.97 Å². The van der Waals surface area contributed by atoms with E-state index in [0.29, 0.717) is 5.75 Å². The maximum Gasteiger partial charge on any atom is 0.350 e. The SMILES string of the molecule is COC(=O)/C(C#N)=C\Nc1cccc(OC(C)C)c1. The number of benzene rings is 1. The lowest BCUT2D eigenvalue weighted by Gasteiger charge is -2.10. The van der Waals surface area contributed by atoms with Crippen LogP contribution in [0.1, 0.15) is 13.8 Å². The number of nitrogens with zero attached hydrogens (tertiary/aromatic N) is 1. The molecule has 0 radical (unpaired) electrons. The van der Waals surface area contributed by atoms with Gasteiger partial charge >= 0.3 is 5.97 Å². The summed E-state index contributed by atoms with van der Waals surface area (Å²) in [6.45, 7) is 3.87. The summed E-state index contributed by atoms with van der Waals surface area (Å²) in [7, 11) is 1.23. The van der Waals surface area contributed by atoms with Crippen LogP contribution >= 0.6 is 0 Å². The Morgan fingerprint density at radius 3 is 2.79 bits per heavy atom. The van der Waals surface area contributed by atoms with E-state index in [9.17, 15) is 4.79 Å². The van der Waals surface area contributed by atoms with Crippen molar-refractivity contribution in [3.8, 4) is 11.8 Å². The molecule has 1 aromatic rings. The highest BCUT2D eigenvalue weighted by molar-refractivity contribution is 5.93. The number of hydrogen-bond acceptors (Lipinski definition) is 5. The van der Waals surface area contributed by atoms with Gasteiger partial charge in [-0.15, -0.1) is 0 Å². The summed E-state index contributed by atoms with van der Waals surface area (Å²) in [5.41, 5.74) is 0.618. The summed E-state index contributed by atoms with van der Waals surface area (Å²) in [6, 6.07) is 9.00. The summed E-state index contributed by atoms with van der Waals surface area (Å²) < 4.78 is 10.0. The molecule has 0 heterocycles. The Morgan fingerprint density at radius 1 is 1.47 bits per heavy atom. The second kappa shape index (κ2) is 7.07. The second-order valence-corrected chi connectivity index (χ2v) is 4.00. The number of ether oxygens (including phenoxy) is 2. The zero-order valence-electron chi connectivity index (χ0n) is 11.1. The van der Waals surface area contributed by atoms with Gasteiger partial charge in [-0.2, -0.15) is 5.26 Å². The molecule has 0 aliphatic rings. The Hall–Kier alpha value is -2.48. The molecular formula is C14H16N2O3. The molecule has 100 valence electrons. The first-order valence-electron chi connectivity index (χ1n) is 5.78. The molecule has 0 spiro atoms. The van der Waals surface area contributed by atoms with Crippen molar-refractivity contribution >= 4 is 11.7 Å². The van der Waals surface area contributed by atoms with Crippen LogP contribution in [0.4, 0.5) is 5.69 Å². The highest BCUT2D eigenvalue weighted by Crippen LogP contribution is 2.18. The summed E-state index contributed by atoms with van der Waals surface area (Å²) in [4.78, 5) is 11.2. The Kier molecular flexibility index (Phi) is 5.42. The highest BCUT2D eigenvalue weighted by Gasteiger charge is 2.07. The van der Waals surface area contributed by atoms with Crippen molar-refractivity contribution in [3.05, 3.63) is 36.0 Å². The van der Waals surface area contributed by atoms with Crippen molar-refractivity contribution in [3.63, 3.8) is 0 Å². The van der Waals surface area contributed by atoms with Gasteiger partial charge in [0.1, 0.15) is 11.8 Å². The van der Waals surface area contributed by atoms with Crippen molar-refractivity contribution < 1.29 is 14.3 Å². The molecule has 0 unspecified atom stereocenters. The Bertz CT molecular complexity index is 516. The number of anilines is 1. The average Bonchev–Trinajstić information content (AvgIpc) is 2.38. The van der Waals surface area contributed by atoms with Gasteiger partial charge in [-0.25, -0.2) is 4.79 Å². The fourth-order valence-electron chi connectivity index (χ4n) is 1.33. The van der Waals surface area contributed by atoms with Crippen LogP contribution in [0.5, 0.6) is 5.75 Å². The van der Waals surface area contributed by atoms with Gasteiger partial charge in [0.2, 0.25) is 0 Å². The first-order valence-corrected chi connectivity index (χ1v) is 5.78. The summed E-state index contributed by atoms with van der Waals surface area (Å²) in [5, 5.41) is 11.7. The molecule has 0 saturated heterocycles. The fraction of sp³-hybridized carbons (Fsp3) is 0.286. The monoisotopic (exact) mass is 260 g/mol. The summed E-state index contributed by atoms with van der Waals surface area (Å²) in [5.74, 6) is 0.0366. The van der Waals surface area contributed by atoms with Crippen LogP contribution in [0.15, 0.2) is 36.0 Å². The molecule has 0 aliphatic carbocycles. The third-order valence-electron chi connectivity index (χ3n) is 2.11. The molecule has 5 nitrogen and oxygen atoms in total. The number of hydrogen-bond donors (Lipinski definition) is 1. The van der Waals surface area contributed by atoms with Gasteiger partial charge in [-0.3, -0.25) is 0 Å². The topological polar surface area (TPSA) is 71.4 Å². The smallest absolute Gasteiger partial charge is 0.350 e. The number of nitrogens with one attached hydrogen (secondary N) is 1. The molecule has 0 bridgehead atoms. The number of esters is 1. The molecule has 0 fully saturated rings. The van der Waals surface area contributed by atoms with Crippen molar-refractivity contribution in [2.75, 3.05) is 12.4 Å². The molecule has 5 heteroatoms. The Morgan fingerprint density at radius 2 is 2.21 bits per heavy atom. The zero-order valence-corrected chi connectivity index (χ0v) is 11.1. The summed E-state index contributed by atoms with van der Waals surface area (Å²) in [6.07, 6.45) is 1.39. The van der Waals surface area contributed by atoms with Gasteiger partial charge in [-0.1, -0.05) is 6.07 Å². The van der Waals surface area contributed by atoms with Crippen molar-refractivity contribution in [1.29, 1.82) is 5.26 Å². The maximum atomic E-state index is 11.2. The fourth-order valence-corrected chi connectivity index (χ4v) is 1.33. The van der Waals surface area contributed by atoms with Crippen LogP contribution in [0.2, 0.25) is 0 Å². The number of carbonyl (C=O) groups excluding carboxylic acids is 1. The van der Waals surface area contributed by atoms with Gasteiger partial charge in [0.25, 0.3) is 0 Å². The van der Waals surface area contributed by atoms with E-state index in [1.54, 1.807) is 18.2 Å². The van der Waals surface area contributed by atoms with Gasteiger partial charge in [-0.05, 0) is 26.0 Å². The molecule has 1 rings (SSSR count). The van der Waals surface area contributed by atoms with Crippen LogP contribution in [-0.2, 0) is 9.53 Å². The number of carbonyl (C=O) groups is 1. The number of nitriles is 1. The molecule has 1 N–H and O–H groups in total. The van der Waals surface area contributed by atoms with E-state index in [2.05, 4.69) is 10.1 Å². The van der Waals surface area contributed by atoms with E-state index in [-0.39, 0.29) is 11.7 Å². The third-order valence-corrected chi connectivity index (χ3v) is 2.11. The molecule has 0 aliphatic heterocycles. The highest BCUT2D eigenvalue weighted by atomic mass is 16.5. The Labute approximate surface area is 112 Å². The van der Waals surface area contributed by atoms with Gasteiger partial charge < -0.3 is 14.8 Å². The van der Waals surface area contributed by atoms with Gasteiger partial charge in [0, 0.05) is 18.0 Å². The molecule has 1 aromatic carbocycles. The normalized spacial score (nSPS) is 10.8. The maximum absolute atomic E-state index is 11.2. The summed E-state index contributed by atoms with van der Waals surface area (Å²) >= 11 is 0. The number of rotatable bonds is 5. The molecule has 0 atom stereocenters. The molecule has 0 amide bonds. The van der Waals surface area contributed by atoms with Gasteiger partial charge in [0.05, 0.1) is 13.2 Å². The lowest BCUT2D eigenvalue weighted by molar-refractivity contribution is -0.135. The predicted molar refractivity (Wildman–Crippen MR) is 71.5 cm³/mol. The van der Waals surface area contributed by atoms with E-state index in [0.717, 1.165) is 5.69 Å². The van der Waals surface area contributed by atoms with E-state index in [1.165, 1.54) is 13.3 Å². The largest absolute Gasteiger partial charge is 0.491 e. The van der Waals surface area contributed by atoms with E-state index in [4.69, 9.17) is 10.00 Å². The van der Waals surface area contributed by atoms with Crippen LogP contribution in [0.25, 0.3) is 0 Å². The minimum Gasteiger partial charge on any atom is -0.491 e. The third kappa shape index (κ3) is 4.72. The Balaban J connectivity index is 2.80. The first kappa shape index (κ1) is 14.6. The van der Waals surface area contributed by atoms with Crippen LogP contribution in [0.3, 0.4) is 0 Å². The van der Waals surface area contributed by atoms with Crippen LogP contribution in [0, 0.1) is 11.3 Å². The van der Waals surface area contributed by atoms with Gasteiger partial charge in [0.15, 0.2) is 5.57 Å². The molecular weight excluding hydrogens is 244 g/mol. The minimum atomic E-state index is -0.676. The van der Waals surface area contributed by atoms with Crippen LogP contribution in [-0.4, -0.2) is 19.2 Å². The second-order valence-electron chi connectivity index (χ2n) is 4.00. The number of methoxy groups -OCH3 is 1. The molecule has 19 heavy (non-hydrogen) atoms. The zero-order chi connectivity index (χ0) is 14.3. The predicted octanol–water partition coefficient (Wildman–Crippen LogP) is 2.47.